The molecular weight excluding hydrogens is 671 g/mol. The molecule has 13 heteroatoms. The first kappa shape index (κ1) is 36.9. The van der Waals surface area contributed by atoms with Crippen molar-refractivity contribution in [3.05, 3.63) is 65.2 Å². The van der Waals surface area contributed by atoms with Gasteiger partial charge in [0.2, 0.25) is 11.8 Å². The van der Waals surface area contributed by atoms with Gasteiger partial charge in [-0.3, -0.25) is 19.1 Å². The number of rotatable bonds is 5. The first-order chi connectivity index (χ1) is 24.2. The van der Waals surface area contributed by atoms with Crippen LogP contribution >= 0.6 is 7.37 Å². The van der Waals surface area contributed by atoms with Gasteiger partial charge < -0.3 is 29.9 Å². The van der Waals surface area contributed by atoms with Crippen LogP contribution in [0.15, 0.2) is 48.5 Å². The third-order valence-electron chi connectivity index (χ3n) is 11.0. The average molecular weight is 723 g/mol. The number of carbonyl (C=O) groups is 4. The van der Waals surface area contributed by atoms with E-state index in [0.717, 1.165) is 36.8 Å². The molecule has 1 unspecified atom stereocenters. The second-order valence-electron chi connectivity index (χ2n) is 15.5. The lowest BCUT2D eigenvalue weighted by molar-refractivity contribution is -0.142. The van der Waals surface area contributed by atoms with Crippen molar-refractivity contribution < 1.29 is 38.1 Å². The molecule has 2 aromatic rings. The van der Waals surface area contributed by atoms with Gasteiger partial charge in [-0.05, 0) is 65.8 Å². The molecule has 2 fully saturated rings. The molecule has 3 aliphatic heterocycles. The zero-order valence-corrected chi connectivity index (χ0v) is 31.0. The molecule has 1 aliphatic carbocycles. The third-order valence-corrected chi connectivity index (χ3v) is 13.7. The first-order valence-electron chi connectivity index (χ1n) is 18.2. The van der Waals surface area contributed by atoms with Crippen LogP contribution in [0, 0.1) is 11.3 Å². The maximum absolute atomic E-state index is 14.4. The van der Waals surface area contributed by atoms with Crippen LogP contribution in [0.2, 0.25) is 0 Å². The van der Waals surface area contributed by atoms with E-state index >= 15 is 0 Å². The Bertz CT molecular complexity index is 1700. The highest BCUT2D eigenvalue weighted by molar-refractivity contribution is 7.68. The molecule has 3 N–H and O–H groups in total. The maximum atomic E-state index is 14.4. The van der Waals surface area contributed by atoms with Gasteiger partial charge in [0.15, 0.2) is 0 Å². The van der Waals surface area contributed by atoms with Gasteiger partial charge in [-0.15, -0.1) is 0 Å². The summed E-state index contributed by atoms with van der Waals surface area (Å²) in [4.78, 5) is 70.0. The summed E-state index contributed by atoms with van der Waals surface area (Å²) in [6.07, 6.45) is 3.15. The average Bonchev–Trinajstić information content (AvgIpc) is 3.41. The molecule has 6 rings (SSSR count). The lowest BCUT2D eigenvalue weighted by Crippen LogP contribution is -2.58. The normalized spacial score (nSPS) is 28.6. The molecule has 6 atom stereocenters. The number of nitrogens with one attached hydrogen (secondary N) is 2. The first-order valence-corrected chi connectivity index (χ1v) is 19.9. The molecule has 4 bridgehead atoms. The lowest BCUT2D eigenvalue weighted by atomic mass is 9.85. The predicted octanol–water partition coefficient (Wildman–Crippen LogP) is 5.20. The molecule has 0 radical (unpaired) electrons. The number of nitrogens with zero attached hydrogens (tertiary/aromatic N) is 2. The number of alkyl carbamates (subject to hydrolysis) is 1. The van der Waals surface area contributed by atoms with E-state index in [1.54, 1.807) is 35.2 Å². The summed E-state index contributed by atoms with van der Waals surface area (Å²) in [5.74, 6) is -1.37. The van der Waals surface area contributed by atoms with E-state index in [-0.39, 0.29) is 30.8 Å². The number of cyclic esters (lactones) is 1. The molecule has 12 nitrogen and oxygen atoms in total. The fourth-order valence-electron chi connectivity index (χ4n) is 7.91. The van der Waals surface area contributed by atoms with Crippen molar-refractivity contribution in [1.29, 1.82) is 0 Å². The van der Waals surface area contributed by atoms with Crippen LogP contribution in [0.1, 0.15) is 89.3 Å². The second kappa shape index (κ2) is 14.6. The molecule has 3 heterocycles. The van der Waals surface area contributed by atoms with Crippen molar-refractivity contribution in [2.45, 2.75) is 116 Å². The van der Waals surface area contributed by atoms with Crippen molar-refractivity contribution in [1.82, 2.24) is 20.4 Å². The van der Waals surface area contributed by atoms with Crippen LogP contribution in [-0.2, 0) is 43.1 Å². The minimum atomic E-state index is -4.11. The fraction of sp³-hybridized carbons (Fsp3) is 0.579. The summed E-state index contributed by atoms with van der Waals surface area (Å²) in [6.45, 7) is 8.29. The summed E-state index contributed by atoms with van der Waals surface area (Å²) in [7, 11) is -4.11. The van der Waals surface area contributed by atoms with Crippen LogP contribution in [0.5, 0.6) is 0 Å². The number of ether oxygens (including phenoxy) is 2. The van der Waals surface area contributed by atoms with E-state index in [2.05, 4.69) is 16.7 Å². The smallest absolute Gasteiger partial charge is 0.410 e. The number of hydrogen-bond donors (Lipinski definition) is 3. The van der Waals surface area contributed by atoms with E-state index in [1.165, 1.54) is 10.5 Å². The van der Waals surface area contributed by atoms with E-state index < -0.39 is 60.3 Å². The van der Waals surface area contributed by atoms with Gasteiger partial charge in [-0.25, -0.2) is 9.59 Å². The van der Waals surface area contributed by atoms with E-state index in [0.29, 0.717) is 32.4 Å². The van der Waals surface area contributed by atoms with Gasteiger partial charge in [0.1, 0.15) is 23.5 Å². The highest BCUT2D eigenvalue weighted by Crippen LogP contribution is 2.69. The van der Waals surface area contributed by atoms with E-state index in [9.17, 15) is 28.6 Å². The minimum absolute atomic E-state index is 0.00933. The van der Waals surface area contributed by atoms with Gasteiger partial charge in [0.25, 0.3) is 7.37 Å². The summed E-state index contributed by atoms with van der Waals surface area (Å²) in [6, 6.07) is 12.2. The summed E-state index contributed by atoms with van der Waals surface area (Å²) >= 11 is 0. The van der Waals surface area contributed by atoms with Gasteiger partial charge in [0, 0.05) is 24.8 Å². The molecule has 276 valence electrons. The van der Waals surface area contributed by atoms with Crippen molar-refractivity contribution in [2.75, 3.05) is 13.2 Å². The van der Waals surface area contributed by atoms with Crippen molar-refractivity contribution in [3.8, 4) is 0 Å². The second-order valence-corrected chi connectivity index (χ2v) is 18.0. The molecule has 4 amide bonds. The Labute approximate surface area is 300 Å². The molecule has 2 aromatic carbocycles. The number of hydrogen-bond acceptors (Lipinski definition) is 7. The van der Waals surface area contributed by atoms with E-state index in [1.807, 2.05) is 39.8 Å². The molecule has 1 saturated heterocycles. The van der Waals surface area contributed by atoms with Gasteiger partial charge in [-0.2, -0.15) is 0 Å². The number of benzene rings is 2. The van der Waals surface area contributed by atoms with Gasteiger partial charge in [0.05, 0.1) is 13.2 Å². The maximum Gasteiger partial charge on any atom is 0.410 e. The fourth-order valence-corrected chi connectivity index (χ4v) is 10.4. The quantitative estimate of drug-likeness (QED) is 0.356. The Morgan fingerprint density at radius 3 is 2.45 bits per heavy atom. The zero-order valence-electron chi connectivity index (χ0n) is 30.1. The third kappa shape index (κ3) is 7.54. The van der Waals surface area contributed by atoms with Crippen molar-refractivity contribution in [3.63, 3.8) is 0 Å². The Morgan fingerprint density at radius 1 is 1.02 bits per heavy atom. The van der Waals surface area contributed by atoms with Crippen LogP contribution in [0.3, 0.4) is 0 Å². The number of amides is 4. The summed E-state index contributed by atoms with van der Waals surface area (Å²) in [5, 5.41) is 4.54. The molecule has 51 heavy (non-hydrogen) atoms. The van der Waals surface area contributed by atoms with Crippen LogP contribution in [0.4, 0.5) is 9.59 Å². The monoisotopic (exact) mass is 722 g/mol. The number of carbonyl (C=O) groups excluding carboxylic acids is 4. The predicted molar refractivity (Wildman–Crippen MR) is 191 cm³/mol. The molecule has 1 saturated carbocycles. The highest BCUT2D eigenvalue weighted by Gasteiger charge is 2.66. The minimum Gasteiger partial charge on any atom is -0.450 e. The Kier molecular flexibility index (Phi) is 10.6. The van der Waals surface area contributed by atoms with Crippen LogP contribution in [-0.4, -0.2) is 75.3 Å². The standard InChI is InChI=1S/C38H51N4O8P/c1-5-27-21-38(27,51(47,48)29-17-10-8-11-18-29)40-33(43)31-20-28-23-42(31)34(44)32(37(2,3)4)39-35(45)49-19-12-7-6-9-14-25-15-13-16-26-22-41(24-30(25)26)36(46)50-28/h8,10-11,13,15-18,27-28,31-32H,5-7,9,12,14,19-24H2,1-4H3,(H,39,45)(H,40,43)(H,47,48)/t27-,28-,31+,32-,38+/m1/s1. The lowest BCUT2D eigenvalue weighted by Gasteiger charge is -2.35. The molecule has 4 aliphatic rings. The highest BCUT2D eigenvalue weighted by atomic mass is 31.2. The molecule has 0 aromatic heterocycles. The molecular formula is C38H51N4O8P. The zero-order chi connectivity index (χ0) is 36.6. The Balaban J connectivity index is 1.29. The topological polar surface area (TPSA) is 155 Å². The number of fused-ring (bicyclic) bond motifs is 3. The van der Waals surface area contributed by atoms with Gasteiger partial charge in [-0.1, -0.05) is 83.4 Å². The molecule has 0 spiro atoms. The van der Waals surface area contributed by atoms with E-state index in [4.69, 9.17) is 9.47 Å². The largest absolute Gasteiger partial charge is 0.450 e. The Morgan fingerprint density at radius 2 is 1.75 bits per heavy atom. The van der Waals surface area contributed by atoms with Crippen LogP contribution in [0.25, 0.3) is 0 Å². The summed E-state index contributed by atoms with van der Waals surface area (Å²) < 4.78 is 25.6. The SMILES string of the molecule is CC[C@@H]1C[C@]1(NC(=O)[C@@H]1C[C@@H]2CN1C(=O)[C@H](C(C)(C)C)NC(=O)OCCCCCCc1cccc3c1CN(C3)C(=O)O2)P(=O)(O)c1ccccc1. The Hall–Kier alpha value is -3.89. The number of aryl methyl sites for hydroxylation is 1. The summed E-state index contributed by atoms with van der Waals surface area (Å²) in [5.41, 5.74) is 2.63. The van der Waals surface area contributed by atoms with Gasteiger partial charge >= 0.3 is 12.2 Å². The van der Waals surface area contributed by atoms with Crippen molar-refractivity contribution in [2.24, 2.45) is 11.3 Å². The van der Waals surface area contributed by atoms with Crippen LogP contribution < -0.4 is 15.9 Å². The van der Waals surface area contributed by atoms with Crippen molar-refractivity contribution >= 4 is 36.7 Å².